The Kier molecular flexibility index (Phi) is 2.50. The van der Waals surface area contributed by atoms with E-state index >= 15 is 0 Å². The maximum Gasteiger partial charge on any atom is 0.151 e. The van der Waals surface area contributed by atoms with E-state index in [-0.39, 0.29) is 11.4 Å². The molecule has 1 aromatic carbocycles. The quantitative estimate of drug-likeness (QED) is 0.839. The molecule has 108 valence electrons. The number of aromatic hydroxyl groups is 1. The molecule has 0 radical (unpaired) electrons. The van der Waals surface area contributed by atoms with Crippen molar-refractivity contribution in [1.29, 1.82) is 0 Å². The fourth-order valence-electron chi connectivity index (χ4n) is 2.99. The van der Waals surface area contributed by atoms with Gasteiger partial charge in [0.15, 0.2) is 5.82 Å². The normalized spacial score (nSPS) is 18.5. The Morgan fingerprint density at radius 1 is 1.24 bits per heavy atom. The number of aromatic nitrogens is 2. The predicted molar refractivity (Wildman–Crippen MR) is 78.7 cm³/mol. The molecule has 1 aromatic heterocycles. The van der Waals surface area contributed by atoms with Crippen LogP contribution < -0.4 is 5.73 Å². The van der Waals surface area contributed by atoms with Gasteiger partial charge in [0.2, 0.25) is 0 Å². The van der Waals surface area contributed by atoms with Gasteiger partial charge in [-0.3, -0.25) is 0 Å². The first-order valence-electron chi connectivity index (χ1n) is 7.16. The molecule has 21 heavy (non-hydrogen) atoms. The summed E-state index contributed by atoms with van der Waals surface area (Å²) >= 11 is 0. The highest BCUT2D eigenvalue weighted by atomic mass is 16.5. The SMILES string of the molecule is Cc1ccc(-c2nnc(N)c3c2CC2(CC2)OC3)c(O)c1. The van der Waals surface area contributed by atoms with E-state index in [1.54, 1.807) is 6.07 Å². The lowest BCUT2D eigenvalue weighted by molar-refractivity contribution is 0.00838. The molecule has 1 spiro atoms. The van der Waals surface area contributed by atoms with Crippen LogP contribution in [-0.4, -0.2) is 20.9 Å². The van der Waals surface area contributed by atoms with E-state index in [4.69, 9.17) is 10.5 Å². The Morgan fingerprint density at radius 2 is 2.05 bits per heavy atom. The number of aryl methyl sites for hydroxylation is 1. The predicted octanol–water partition coefficient (Wildman–Crippen LogP) is 2.35. The minimum atomic E-state index is -0.0302. The van der Waals surface area contributed by atoms with Crippen molar-refractivity contribution in [2.45, 2.75) is 38.4 Å². The van der Waals surface area contributed by atoms with E-state index in [2.05, 4.69) is 10.2 Å². The number of fused-ring (bicyclic) bond motifs is 1. The summed E-state index contributed by atoms with van der Waals surface area (Å²) in [6.45, 7) is 2.43. The maximum absolute atomic E-state index is 10.2. The number of nitrogens with two attached hydrogens (primary N) is 1. The van der Waals surface area contributed by atoms with E-state index in [1.807, 2.05) is 19.1 Å². The largest absolute Gasteiger partial charge is 0.507 e. The van der Waals surface area contributed by atoms with E-state index < -0.39 is 0 Å². The van der Waals surface area contributed by atoms with E-state index in [1.165, 1.54) is 0 Å². The molecule has 4 rings (SSSR count). The first-order valence-corrected chi connectivity index (χ1v) is 7.16. The van der Waals surface area contributed by atoms with Gasteiger partial charge in [-0.2, -0.15) is 0 Å². The smallest absolute Gasteiger partial charge is 0.151 e. The van der Waals surface area contributed by atoms with Crippen molar-refractivity contribution in [3.05, 3.63) is 34.9 Å². The Bertz CT molecular complexity index is 739. The fourth-order valence-corrected chi connectivity index (χ4v) is 2.99. The van der Waals surface area contributed by atoms with Crippen LogP contribution in [0.4, 0.5) is 5.82 Å². The van der Waals surface area contributed by atoms with Crippen LogP contribution >= 0.6 is 0 Å². The third-order valence-corrected chi connectivity index (χ3v) is 4.45. The van der Waals surface area contributed by atoms with Crippen LogP contribution in [0.2, 0.25) is 0 Å². The van der Waals surface area contributed by atoms with Crippen molar-refractivity contribution in [2.75, 3.05) is 5.73 Å². The summed E-state index contributed by atoms with van der Waals surface area (Å²) in [4.78, 5) is 0. The summed E-state index contributed by atoms with van der Waals surface area (Å²) in [5.74, 6) is 0.656. The van der Waals surface area contributed by atoms with Crippen molar-refractivity contribution in [3.8, 4) is 17.0 Å². The topological polar surface area (TPSA) is 81.3 Å². The zero-order valence-corrected chi connectivity index (χ0v) is 11.9. The van der Waals surface area contributed by atoms with E-state index in [0.29, 0.717) is 18.0 Å². The lowest BCUT2D eigenvalue weighted by atomic mass is 9.93. The summed E-state index contributed by atoms with van der Waals surface area (Å²) < 4.78 is 5.91. The Morgan fingerprint density at radius 3 is 2.76 bits per heavy atom. The number of hydrogen-bond acceptors (Lipinski definition) is 5. The second-order valence-electron chi connectivity index (χ2n) is 6.06. The van der Waals surface area contributed by atoms with Gasteiger partial charge in [-0.1, -0.05) is 6.07 Å². The van der Waals surface area contributed by atoms with Gasteiger partial charge in [-0.25, -0.2) is 0 Å². The second kappa shape index (κ2) is 4.18. The first kappa shape index (κ1) is 12.6. The maximum atomic E-state index is 10.2. The highest BCUT2D eigenvalue weighted by Gasteiger charge is 2.47. The number of rotatable bonds is 1. The molecule has 3 N–H and O–H groups in total. The molecular formula is C16H17N3O2. The molecule has 0 amide bonds. The summed E-state index contributed by atoms with van der Waals surface area (Å²) in [6.07, 6.45) is 2.95. The van der Waals surface area contributed by atoms with Gasteiger partial charge in [0.1, 0.15) is 11.4 Å². The van der Waals surface area contributed by atoms with Crippen molar-refractivity contribution < 1.29 is 9.84 Å². The molecule has 2 aromatic rings. The minimum Gasteiger partial charge on any atom is -0.507 e. The van der Waals surface area contributed by atoms with Gasteiger partial charge in [0.05, 0.1) is 12.2 Å². The second-order valence-corrected chi connectivity index (χ2v) is 6.06. The molecule has 5 nitrogen and oxygen atoms in total. The average molecular weight is 283 g/mol. The Hall–Kier alpha value is -2.14. The van der Waals surface area contributed by atoms with Crippen molar-refractivity contribution in [2.24, 2.45) is 0 Å². The number of nitrogen functional groups attached to an aromatic ring is 1. The molecule has 1 fully saturated rings. The fraction of sp³-hybridized carbons (Fsp3) is 0.375. The highest BCUT2D eigenvalue weighted by Crippen LogP contribution is 2.49. The third kappa shape index (κ3) is 1.96. The van der Waals surface area contributed by atoms with Crippen LogP contribution in [0.3, 0.4) is 0 Å². The standard InChI is InChI=1S/C16H17N3O2/c1-9-2-3-10(13(20)6-9)14-11-7-16(4-5-16)21-8-12(11)15(17)19-18-14/h2-3,6,20H,4-5,7-8H2,1H3,(H2,17,19). The number of phenols is 1. The van der Waals surface area contributed by atoms with Crippen molar-refractivity contribution >= 4 is 5.82 Å². The molecule has 5 heteroatoms. The number of ether oxygens (including phenoxy) is 1. The van der Waals surface area contributed by atoms with E-state index in [9.17, 15) is 5.11 Å². The van der Waals surface area contributed by atoms with Gasteiger partial charge in [-0.15, -0.1) is 10.2 Å². The lowest BCUT2D eigenvalue weighted by Gasteiger charge is -2.27. The number of hydrogen-bond donors (Lipinski definition) is 2. The molecule has 1 aliphatic heterocycles. The summed E-state index contributed by atoms with van der Waals surface area (Å²) in [7, 11) is 0. The minimum absolute atomic E-state index is 0.0302. The molecule has 0 bridgehead atoms. The molecule has 2 aliphatic rings. The number of anilines is 1. The van der Waals surface area contributed by atoms with Crippen LogP contribution in [0.15, 0.2) is 18.2 Å². The first-order chi connectivity index (χ1) is 10.1. The molecule has 2 heterocycles. The molecule has 0 saturated heterocycles. The van der Waals surface area contributed by atoms with Gasteiger partial charge >= 0.3 is 0 Å². The number of nitrogens with zero attached hydrogens (tertiary/aromatic N) is 2. The summed E-state index contributed by atoms with van der Waals surface area (Å²) in [5, 5.41) is 18.5. The highest BCUT2D eigenvalue weighted by molar-refractivity contribution is 5.72. The Labute approximate surface area is 122 Å². The van der Waals surface area contributed by atoms with Crippen molar-refractivity contribution in [3.63, 3.8) is 0 Å². The van der Waals surface area contributed by atoms with Gasteiger partial charge in [0.25, 0.3) is 0 Å². The van der Waals surface area contributed by atoms with Crippen LogP contribution in [0, 0.1) is 6.92 Å². The van der Waals surface area contributed by atoms with E-state index in [0.717, 1.165) is 41.6 Å². The molecule has 0 atom stereocenters. The third-order valence-electron chi connectivity index (χ3n) is 4.45. The van der Waals surface area contributed by atoms with Crippen LogP contribution in [0.1, 0.15) is 29.5 Å². The van der Waals surface area contributed by atoms with Crippen LogP contribution in [-0.2, 0) is 17.8 Å². The number of benzene rings is 1. The monoisotopic (exact) mass is 283 g/mol. The molecule has 1 aliphatic carbocycles. The van der Waals surface area contributed by atoms with Crippen molar-refractivity contribution in [1.82, 2.24) is 10.2 Å². The zero-order chi connectivity index (χ0) is 14.6. The number of phenolic OH excluding ortho intramolecular Hbond substituents is 1. The Balaban J connectivity index is 1.89. The van der Waals surface area contributed by atoms with Gasteiger partial charge in [0, 0.05) is 17.5 Å². The van der Waals surface area contributed by atoms with Crippen LogP contribution in [0.25, 0.3) is 11.3 Å². The average Bonchev–Trinajstić information content (AvgIpc) is 3.19. The molecule has 1 saturated carbocycles. The van der Waals surface area contributed by atoms with Gasteiger partial charge in [-0.05, 0) is 43.0 Å². The zero-order valence-electron chi connectivity index (χ0n) is 11.9. The van der Waals surface area contributed by atoms with Crippen LogP contribution in [0.5, 0.6) is 5.75 Å². The molecular weight excluding hydrogens is 266 g/mol. The summed E-state index contributed by atoms with van der Waals surface area (Å²) in [6, 6.07) is 5.60. The molecule has 0 unspecified atom stereocenters. The van der Waals surface area contributed by atoms with Gasteiger partial charge < -0.3 is 15.6 Å². The lowest BCUT2D eigenvalue weighted by Crippen LogP contribution is -2.26. The summed E-state index contributed by atoms with van der Waals surface area (Å²) in [5.41, 5.74) is 10.3.